The number of alkyl halides is 3. The van der Waals surface area contributed by atoms with Gasteiger partial charge >= 0.3 is 6.18 Å². The lowest BCUT2D eigenvalue weighted by Gasteiger charge is -2.31. The Hall–Kier alpha value is -3.30. The van der Waals surface area contributed by atoms with E-state index in [2.05, 4.69) is 15.1 Å². The van der Waals surface area contributed by atoms with Crippen LogP contribution < -0.4 is 10.1 Å². The summed E-state index contributed by atoms with van der Waals surface area (Å²) >= 11 is 1.29. The molecule has 0 spiro atoms. The number of ether oxygens (including phenoxy) is 1. The number of nitriles is 1. The zero-order valence-electron chi connectivity index (χ0n) is 15.7. The number of aromatic nitrogens is 1. The molecule has 2 heterocycles. The van der Waals surface area contributed by atoms with Crippen molar-refractivity contribution < 1.29 is 17.9 Å². The molecule has 1 aromatic heterocycles. The van der Waals surface area contributed by atoms with Gasteiger partial charge in [0, 0.05) is 22.3 Å². The van der Waals surface area contributed by atoms with Crippen molar-refractivity contribution in [2.45, 2.75) is 25.9 Å². The standard InChI is InChI=1S/C20H15F3N4OS/c1-10-9-29-19(26-10)15-11(2)27-18(20(21,22)23)17(25-3)16(15)13-6-5-12(8-24)7-14(13)28-4/h5-7,9,16,27H,1-2,4H3. The van der Waals surface area contributed by atoms with Gasteiger partial charge in [0.1, 0.15) is 16.5 Å². The van der Waals surface area contributed by atoms with Gasteiger partial charge in [0.25, 0.3) is 0 Å². The van der Waals surface area contributed by atoms with Gasteiger partial charge in [0.05, 0.1) is 31.2 Å². The van der Waals surface area contributed by atoms with Gasteiger partial charge in [-0.05, 0) is 31.5 Å². The summed E-state index contributed by atoms with van der Waals surface area (Å²) in [6.45, 7) is 10.8. The van der Waals surface area contributed by atoms with Crippen molar-refractivity contribution >= 4 is 16.9 Å². The Morgan fingerprint density at radius 3 is 2.59 bits per heavy atom. The summed E-state index contributed by atoms with van der Waals surface area (Å²) < 4.78 is 46.5. The minimum absolute atomic E-state index is 0.234. The molecule has 1 atom stereocenters. The molecular weight excluding hydrogens is 401 g/mol. The minimum Gasteiger partial charge on any atom is -0.496 e. The number of rotatable bonds is 3. The summed E-state index contributed by atoms with van der Waals surface area (Å²) in [5, 5.41) is 13.8. The smallest absolute Gasteiger partial charge is 0.421 e. The Morgan fingerprint density at radius 1 is 1.34 bits per heavy atom. The van der Waals surface area contributed by atoms with Crippen LogP contribution in [0, 0.1) is 24.8 Å². The fourth-order valence-corrected chi connectivity index (χ4v) is 4.17. The number of halogens is 3. The molecule has 1 aliphatic heterocycles. The topological polar surface area (TPSA) is 62.3 Å². The second kappa shape index (κ2) is 7.61. The zero-order chi connectivity index (χ0) is 21.3. The maximum absolute atomic E-state index is 13.7. The quantitative estimate of drug-likeness (QED) is 0.704. The second-order valence-corrected chi connectivity index (χ2v) is 7.19. The monoisotopic (exact) mass is 416 g/mol. The molecule has 0 saturated heterocycles. The first-order valence-corrected chi connectivity index (χ1v) is 9.26. The molecule has 1 unspecified atom stereocenters. The Bertz CT molecular complexity index is 1120. The lowest BCUT2D eigenvalue weighted by molar-refractivity contribution is -0.0969. The normalized spacial score (nSPS) is 16.9. The van der Waals surface area contributed by atoms with E-state index >= 15 is 0 Å². The summed E-state index contributed by atoms with van der Waals surface area (Å²) in [4.78, 5) is 7.68. The average Bonchev–Trinajstić information content (AvgIpc) is 3.11. The molecule has 0 saturated carbocycles. The number of dihydropyridines is 1. The number of allylic oxidation sites excluding steroid dienone is 3. The third-order valence-corrected chi connectivity index (χ3v) is 5.46. The van der Waals surface area contributed by atoms with E-state index in [9.17, 15) is 13.2 Å². The van der Waals surface area contributed by atoms with Crippen LogP contribution in [-0.4, -0.2) is 18.3 Å². The van der Waals surface area contributed by atoms with Crippen LogP contribution in [0.3, 0.4) is 0 Å². The molecule has 1 aliphatic rings. The highest BCUT2D eigenvalue weighted by Crippen LogP contribution is 2.49. The van der Waals surface area contributed by atoms with E-state index in [1.54, 1.807) is 12.3 Å². The Balaban J connectivity index is 2.34. The van der Waals surface area contributed by atoms with Crippen molar-refractivity contribution in [2.24, 2.45) is 0 Å². The molecule has 0 fully saturated rings. The first-order valence-electron chi connectivity index (χ1n) is 8.38. The van der Waals surface area contributed by atoms with Crippen LogP contribution >= 0.6 is 11.3 Å². The number of thiazole rings is 1. The van der Waals surface area contributed by atoms with Crippen molar-refractivity contribution in [2.75, 3.05) is 7.11 Å². The van der Waals surface area contributed by atoms with Crippen molar-refractivity contribution in [3.63, 3.8) is 0 Å². The Labute approximate surface area is 169 Å². The van der Waals surface area contributed by atoms with Crippen LogP contribution in [-0.2, 0) is 0 Å². The van der Waals surface area contributed by atoms with Gasteiger partial charge in [-0.3, -0.25) is 0 Å². The van der Waals surface area contributed by atoms with E-state index in [0.717, 1.165) is 5.69 Å². The summed E-state index contributed by atoms with van der Waals surface area (Å²) in [7, 11) is 1.37. The highest BCUT2D eigenvalue weighted by molar-refractivity contribution is 7.10. The molecule has 1 N–H and O–H groups in total. The number of benzene rings is 1. The SMILES string of the molecule is [C-]#[N+]C1=C(C(F)(F)F)NC(C)=C(c2nc(C)cs2)C1c1ccc(C#N)cc1OC. The van der Waals surface area contributed by atoms with Crippen LogP contribution in [0.25, 0.3) is 10.4 Å². The molecule has 0 radical (unpaired) electrons. The maximum Gasteiger partial charge on any atom is 0.421 e. The third-order valence-electron chi connectivity index (χ3n) is 4.46. The van der Waals surface area contributed by atoms with Crippen LogP contribution in [0.5, 0.6) is 5.75 Å². The summed E-state index contributed by atoms with van der Waals surface area (Å²) in [6, 6.07) is 6.45. The molecule has 5 nitrogen and oxygen atoms in total. The number of hydrogen-bond acceptors (Lipinski definition) is 5. The molecule has 148 valence electrons. The predicted octanol–water partition coefficient (Wildman–Crippen LogP) is 5.14. The van der Waals surface area contributed by atoms with Crippen molar-refractivity contribution in [1.29, 1.82) is 5.26 Å². The summed E-state index contributed by atoms with van der Waals surface area (Å²) in [5.74, 6) is -0.809. The highest BCUT2D eigenvalue weighted by atomic mass is 32.1. The molecule has 0 amide bonds. The molecule has 3 rings (SSSR count). The predicted molar refractivity (Wildman–Crippen MR) is 103 cm³/mol. The molecule has 0 bridgehead atoms. The largest absolute Gasteiger partial charge is 0.496 e. The van der Waals surface area contributed by atoms with E-state index in [0.29, 0.717) is 21.7 Å². The Morgan fingerprint density at radius 2 is 2.07 bits per heavy atom. The molecule has 9 heteroatoms. The highest BCUT2D eigenvalue weighted by Gasteiger charge is 2.44. The number of methoxy groups -OCH3 is 1. The molecule has 2 aromatic rings. The lowest BCUT2D eigenvalue weighted by atomic mass is 9.83. The fourth-order valence-electron chi connectivity index (χ4n) is 3.24. The molecule has 1 aromatic carbocycles. The first kappa shape index (κ1) is 20.4. The first-order chi connectivity index (χ1) is 13.7. The van der Waals surface area contributed by atoms with Crippen LogP contribution in [0.15, 0.2) is 40.7 Å². The molecule has 29 heavy (non-hydrogen) atoms. The van der Waals surface area contributed by atoms with Crippen molar-refractivity contribution in [1.82, 2.24) is 10.3 Å². The summed E-state index contributed by atoms with van der Waals surface area (Å²) in [5.41, 5.74) is 0.540. The van der Waals surface area contributed by atoms with E-state index in [1.807, 2.05) is 6.07 Å². The number of aryl methyl sites for hydroxylation is 1. The van der Waals surface area contributed by atoms with Gasteiger partial charge in [-0.25, -0.2) is 9.83 Å². The van der Waals surface area contributed by atoms with Gasteiger partial charge in [-0.2, -0.15) is 18.4 Å². The number of hydrogen-bond donors (Lipinski definition) is 1. The van der Waals surface area contributed by atoms with E-state index in [1.165, 1.54) is 43.6 Å². The van der Waals surface area contributed by atoms with E-state index < -0.39 is 23.5 Å². The Kier molecular flexibility index (Phi) is 5.36. The van der Waals surface area contributed by atoms with Crippen molar-refractivity contribution in [3.8, 4) is 11.8 Å². The number of nitrogens with zero attached hydrogens (tertiary/aromatic N) is 3. The second-order valence-electron chi connectivity index (χ2n) is 6.33. The minimum atomic E-state index is -4.73. The van der Waals surface area contributed by atoms with Crippen molar-refractivity contribution in [3.05, 3.63) is 73.9 Å². The van der Waals surface area contributed by atoms with Gasteiger partial charge in [-0.1, -0.05) is 6.07 Å². The lowest BCUT2D eigenvalue weighted by Crippen LogP contribution is -2.32. The molecular formula is C20H15F3N4OS. The summed E-state index contributed by atoms with van der Waals surface area (Å²) in [6.07, 6.45) is -4.73. The van der Waals surface area contributed by atoms with Gasteiger partial charge < -0.3 is 10.1 Å². The van der Waals surface area contributed by atoms with Gasteiger partial charge in [0.15, 0.2) is 0 Å². The zero-order valence-corrected chi connectivity index (χ0v) is 16.5. The van der Waals surface area contributed by atoms with Crippen LogP contribution in [0.2, 0.25) is 0 Å². The van der Waals surface area contributed by atoms with Crippen LogP contribution in [0.4, 0.5) is 13.2 Å². The fraction of sp³-hybridized carbons (Fsp3) is 0.250. The number of nitrogens with one attached hydrogen (secondary N) is 1. The van der Waals surface area contributed by atoms with Gasteiger partial charge in [0.2, 0.25) is 5.70 Å². The van der Waals surface area contributed by atoms with Gasteiger partial charge in [-0.15, -0.1) is 11.3 Å². The average molecular weight is 416 g/mol. The molecule has 0 aliphatic carbocycles. The maximum atomic E-state index is 13.7. The van der Waals surface area contributed by atoms with E-state index in [4.69, 9.17) is 16.6 Å². The third kappa shape index (κ3) is 3.69. The van der Waals surface area contributed by atoms with Crippen LogP contribution in [0.1, 0.15) is 34.7 Å². The van der Waals surface area contributed by atoms with E-state index in [-0.39, 0.29) is 11.4 Å².